The lowest BCUT2D eigenvalue weighted by molar-refractivity contribution is -0.139. The molecule has 0 aromatic heterocycles. The Morgan fingerprint density at radius 3 is 2.48 bits per heavy atom. The number of urea groups is 1. The molecule has 33 heavy (non-hydrogen) atoms. The van der Waals surface area contributed by atoms with Gasteiger partial charge < -0.3 is 20.1 Å². The molecule has 2 amide bonds. The van der Waals surface area contributed by atoms with Crippen LogP contribution in [0, 0.1) is 0 Å². The van der Waals surface area contributed by atoms with Crippen LogP contribution in [0.15, 0.2) is 78.0 Å². The Hall–Kier alpha value is -3.80. The summed E-state index contributed by atoms with van der Waals surface area (Å²) in [6, 6.07) is 20.6. The van der Waals surface area contributed by atoms with Crippen molar-refractivity contribution in [2.75, 3.05) is 6.61 Å². The lowest BCUT2D eigenvalue weighted by Crippen LogP contribution is -2.46. The highest BCUT2D eigenvalue weighted by Gasteiger charge is 2.36. The lowest BCUT2D eigenvalue weighted by atomic mass is 9.89. The average molecular weight is 445 g/mol. The zero-order valence-corrected chi connectivity index (χ0v) is 18.9. The molecule has 0 saturated heterocycles. The molecule has 0 spiro atoms. The van der Waals surface area contributed by atoms with Gasteiger partial charge >= 0.3 is 12.0 Å². The van der Waals surface area contributed by atoms with Gasteiger partial charge in [-0.15, -0.1) is 0 Å². The lowest BCUT2D eigenvalue weighted by Gasteiger charge is -2.31. The highest BCUT2D eigenvalue weighted by molar-refractivity contribution is 5.98. The van der Waals surface area contributed by atoms with Gasteiger partial charge in [0.2, 0.25) is 0 Å². The van der Waals surface area contributed by atoms with Crippen LogP contribution in [0.25, 0.3) is 10.8 Å². The minimum absolute atomic E-state index is 0.245. The fraction of sp³-hybridized carbons (Fsp3) is 0.259. The van der Waals surface area contributed by atoms with Gasteiger partial charge in [-0.25, -0.2) is 9.59 Å². The molecule has 6 nitrogen and oxygen atoms in total. The molecule has 1 unspecified atom stereocenters. The Bertz CT molecular complexity index is 1190. The summed E-state index contributed by atoms with van der Waals surface area (Å²) >= 11 is 0. The summed E-state index contributed by atoms with van der Waals surface area (Å²) in [5.41, 5.74) is 2.78. The van der Waals surface area contributed by atoms with Crippen molar-refractivity contribution in [3.63, 3.8) is 0 Å². The molecule has 1 heterocycles. The number of rotatable bonds is 8. The van der Waals surface area contributed by atoms with Gasteiger partial charge in [-0.3, -0.25) is 0 Å². The Kier molecular flexibility index (Phi) is 6.93. The van der Waals surface area contributed by atoms with Crippen LogP contribution < -0.4 is 15.4 Å². The number of hydrogen-bond acceptors (Lipinski definition) is 4. The summed E-state index contributed by atoms with van der Waals surface area (Å²) < 4.78 is 11.7. The molecule has 0 radical (unpaired) electrons. The molecular weight excluding hydrogens is 416 g/mol. The zero-order chi connectivity index (χ0) is 23.2. The van der Waals surface area contributed by atoms with Gasteiger partial charge in [0.25, 0.3) is 0 Å². The number of amides is 2. The molecule has 6 heteroatoms. The summed E-state index contributed by atoms with van der Waals surface area (Å²) in [6.07, 6.45) is 1.33. The van der Waals surface area contributed by atoms with Gasteiger partial charge in [0.1, 0.15) is 12.4 Å². The highest BCUT2D eigenvalue weighted by Crippen LogP contribution is 2.39. The molecule has 0 bridgehead atoms. The molecule has 2 N–H and O–H groups in total. The SMILES string of the molecule is CCCC1=C(C(=O)OCC)C(c2c(OCc3ccccc3)ccc3ccccc23)NC(=O)N1. The Morgan fingerprint density at radius 2 is 1.73 bits per heavy atom. The van der Waals surface area contributed by atoms with Crippen molar-refractivity contribution in [2.24, 2.45) is 0 Å². The van der Waals surface area contributed by atoms with Crippen LogP contribution in [0.1, 0.15) is 43.9 Å². The topological polar surface area (TPSA) is 76.7 Å². The number of esters is 1. The fourth-order valence-corrected chi connectivity index (χ4v) is 4.17. The van der Waals surface area contributed by atoms with E-state index in [2.05, 4.69) is 10.6 Å². The fourth-order valence-electron chi connectivity index (χ4n) is 4.17. The zero-order valence-electron chi connectivity index (χ0n) is 18.9. The third-order valence-corrected chi connectivity index (χ3v) is 5.61. The van der Waals surface area contributed by atoms with E-state index in [1.807, 2.05) is 73.7 Å². The highest BCUT2D eigenvalue weighted by atomic mass is 16.5. The van der Waals surface area contributed by atoms with Crippen LogP contribution in [0.4, 0.5) is 4.79 Å². The number of allylic oxidation sites excluding steroid dienone is 1. The maximum absolute atomic E-state index is 13.1. The van der Waals surface area contributed by atoms with Gasteiger partial charge in [-0.05, 0) is 35.7 Å². The van der Waals surface area contributed by atoms with E-state index in [9.17, 15) is 9.59 Å². The summed E-state index contributed by atoms with van der Waals surface area (Å²) in [7, 11) is 0. The van der Waals surface area contributed by atoms with Gasteiger partial charge in [-0.1, -0.05) is 74.0 Å². The second kappa shape index (κ2) is 10.2. The molecule has 170 valence electrons. The third-order valence-electron chi connectivity index (χ3n) is 5.61. The first kappa shape index (κ1) is 22.4. The Balaban J connectivity index is 1.86. The molecule has 3 aromatic rings. The van der Waals surface area contributed by atoms with Crippen molar-refractivity contribution in [1.82, 2.24) is 10.6 Å². The first-order valence-corrected chi connectivity index (χ1v) is 11.3. The van der Waals surface area contributed by atoms with E-state index in [0.29, 0.717) is 30.0 Å². The van der Waals surface area contributed by atoms with Crippen molar-refractivity contribution in [2.45, 2.75) is 39.3 Å². The van der Waals surface area contributed by atoms with Crippen LogP contribution in [0.3, 0.4) is 0 Å². The van der Waals surface area contributed by atoms with Crippen molar-refractivity contribution in [3.05, 3.63) is 89.1 Å². The maximum atomic E-state index is 13.1. The van der Waals surface area contributed by atoms with Crippen LogP contribution >= 0.6 is 0 Å². The van der Waals surface area contributed by atoms with Crippen molar-refractivity contribution < 1.29 is 19.1 Å². The number of carbonyl (C=O) groups excluding carboxylic acids is 2. The largest absolute Gasteiger partial charge is 0.489 e. The number of fused-ring (bicyclic) bond motifs is 1. The first-order chi connectivity index (χ1) is 16.1. The van der Waals surface area contributed by atoms with E-state index in [1.54, 1.807) is 6.92 Å². The molecule has 0 fully saturated rings. The van der Waals surface area contributed by atoms with Gasteiger partial charge in [-0.2, -0.15) is 0 Å². The van der Waals surface area contributed by atoms with Gasteiger partial charge in [0.15, 0.2) is 0 Å². The van der Waals surface area contributed by atoms with E-state index in [1.165, 1.54) is 0 Å². The molecule has 0 aliphatic carbocycles. The maximum Gasteiger partial charge on any atom is 0.338 e. The number of hydrogen-bond donors (Lipinski definition) is 2. The monoisotopic (exact) mass is 444 g/mol. The smallest absolute Gasteiger partial charge is 0.338 e. The molecule has 1 aliphatic heterocycles. The minimum atomic E-state index is -0.698. The van der Waals surface area contributed by atoms with E-state index < -0.39 is 12.0 Å². The van der Waals surface area contributed by atoms with E-state index in [0.717, 1.165) is 28.3 Å². The van der Waals surface area contributed by atoms with Crippen molar-refractivity contribution in [3.8, 4) is 5.75 Å². The minimum Gasteiger partial charge on any atom is -0.489 e. The normalized spacial score (nSPS) is 15.7. The third kappa shape index (κ3) is 4.85. The number of ether oxygens (including phenoxy) is 2. The summed E-state index contributed by atoms with van der Waals surface area (Å²) in [5, 5.41) is 7.68. The van der Waals surface area contributed by atoms with Crippen LogP contribution in [-0.2, 0) is 16.1 Å². The molecule has 0 saturated carbocycles. The second-order valence-electron chi connectivity index (χ2n) is 7.87. The van der Waals surface area contributed by atoms with Crippen LogP contribution in [-0.4, -0.2) is 18.6 Å². The summed E-state index contributed by atoms with van der Waals surface area (Å²) in [4.78, 5) is 25.7. The van der Waals surface area contributed by atoms with Crippen LogP contribution in [0.5, 0.6) is 5.75 Å². The average Bonchev–Trinajstić information content (AvgIpc) is 2.83. The second-order valence-corrected chi connectivity index (χ2v) is 7.87. The van der Waals surface area contributed by atoms with Crippen molar-refractivity contribution >= 4 is 22.8 Å². The predicted octanol–water partition coefficient (Wildman–Crippen LogP) is 5.39. The van der Waals surface area contributed by atoms with Crippen LogP contribution in [0.2, 0.25) is 0 Å². The standard InChI is InChI=1S/C27H28N2O4/c1-3-10-21-24(26(30)32-4-2)25(29-27(31)28-21)23-20-14-9-8-13-19(20)15-16-22(23)33-17-18-11-6-5-7-12-18/h5-9,11-16,25H,3-4,10,17H2,1-2H3,(H2,28,29,31). The predicted molar refractivity (Wildman–Crippen MR) is 128 cm³/mol. The number of nitrogens with one attached hydrogen (secondary N) is 2. The van der Waals surface area contributed by atoms with E-state index >= 15 is 0 Å². The van der Waals surface area contributed by atoms with E-state index in [-0.39, 0.29) is 12.6 Å². The molecular formula is C27H28N2O4. The van der Waals surface area contributed by atoms with E-state index in [4.69, 9.17) is 9.47 Å². The summed E-state index contributed by atoms with van der Waals surface area (Å²) in [6.45, 7) is 4.39. The molecule has 1 aliphatic rings. The Labute approximate surface area is 193 Å². The number of benzene rings is 3. The van der Waals surface area contributed by atoms with Gasteiger partial charge in [0, 0.05) is 11.3 Å². The molecule has 4 rings (SSSR count). The number of carbonyl (C=O) groups is 2. The molecule has 1 atom stereocenters. The van der Waals surface area contributed by atoms with Crippen molar-refractivity contribution in [1.29, 1.82) is 0 Å². The molecule has 3 aromatic carbocycles. The van der Waals surface area contributed by atoms with Gasteiger partial charge in [0.05, 0.1) is 18.2 Å². The quantitative estimate of drug-likeness (QED) is 0.457. The summed E-state index contributed by atoms with van der Waals surface area (Å²) in [5.74, 6) is 0.169. The first-order valence-electron chi connectivity index (χ1n) is 11.3. The Morgan fingerprint density at radius 1 is 0.970 bits per heavy atom.